The van der Waals surface area contributed by atoms with E-state index in [1.54, 1.807) is 0 Å². The van der Waals surface area contributed by atoms with Gasteiger partial charge in [-0.3, -0.25) is 0 Å². The van der Waals surface area contributed by atoms with Gasteiger partial charge in [0.1, 0.15) is 17.2 Å². The van der Waals surface area contributed by atoms with E-state index in [9.17, 15) is 4.79 Å². The van der Waals surface area contributed by atoms with Crippen LogP contribution in [0.3, 0.4) is 0 Å². The minimum absolute atomic E-state index is 0.0858. The van der Waals surface area contributed by atoms with Gasteiger partial charge < -0.3 is 15.0 Å². The number of ether oxygens (including phenoxy) is 1. The lowest BCUT2D eigenvalue weighted by Crippen LogP contribution is -2.40. The van der Waals surface area contributed by atoms with Gasteiger partial charge in [0.05, 0.1) is 6.04 Å². The van der Waals surface area contributed by atoms with E-state index in [0.29, 0.717) is 5.92 Å². The van der Waals surface area contributed by atoms with Crippen LogP contribution in [0.5, 0.6) is 0 Å². The number of carbonyl (C=O) groups excluding carboxylic acids is 1. The van der Waals surface area contributed by atoms with Crippen LogP contribution in [-0.2, 0) is 4.74 Å². The fourth-order valence-electron chi connectivity index (χ4n) is 2.56. The van der Waals surface area contributed by atoms with Crippen LogP contribution in [0, 0.1) is 6.92 Å². The van der Waals surface area contributed by atoms with Crippen LogP contribution in [0.2, 0.25) is 0 Å². The summed E-state index contributed by atoms with van der Waals surface area (Å²) in [4.78, 5) is 23.2. The van der Waals surface area contributed by atoms with E-state index >= 15 is 0 Å². The standard InChI is InChI=1S/C17H28N4O2/c1-11(2)15-18-12(3)9-14(20-15)21-8-7-13(10-21)19-16(22)23-17(4,5)6/h9,11,13H,7-8,10H2,1-6H3,(H,19,22)/t13-/m0/s1. The molecule has 23 heavy (non-hydrogen) atoms. The van der Waals surface area contributed by atoms with Crippen molar-refractivity contribution in [3.8, 4) is 0 Å². The molecular formula is C17H28N4O2. The van der Waals surface area contributed by atoms with E-state index in [4.69, 9.17) is 4.74 Å². The molecule has 1 atom stereocenters. The third-order valence-corrected chi connectivity index (χ3v) is 3.61. The Bertz CT molecular complexity index is 566. The summed E-state index contributed by atoms with van der Waals surface area (Å²) in [5, 5.41) is 2.94. The van der Waals surface area contributed by atoms with Gasteiger partial charge in [0.2, 0.25) is 0 Å². The van der Waals surface area contributed by atoms with Gasteiger partial charge in [0.25, 0.3) is 0 Å². The van der Waals surface area contributed by atoms with Gasteiger partial charge in [-0.15, -0.1) is 0 Å². The highest BCUT2D eigenvalue weighted by Crippen LogP contribution is 2.21. The number of aromatic nitrogens is 2. The monoisotopic (exact) mass is 320 g/mol. The third kappa shape index (κ3) is 5.08. The van der Waals surface area contributed by atoms with Gasteiger partial charge in [-0.1, -0.05) is 13.8 Å². The Hall–Kier alpha value is -1.85. The van der Waals surface area contributed by atoms with Gasteiger partial charge >= 0.3 is 6.09 Å². The van der Waals surface area contributed by atoms with Crippen LogP contribution in [0.25, 0.3) is 0 Å². The molecule has 0 spiro atoms. The summed E-state index contributed by atoms with van der Waals surface area (Å²) in [6.45, 7) is 13.4. The van der Waals surface area contributed by atoms with Crippen molar-refractivity contribution in [1.82, 2.24) is 15.3 Å². The summed E-state index contributed by atoms with van der Waals surface area (Å²) < 4.78 is 5.32. The number of anilines is 1. The van der Waals surface area contributed by atoms with E-state index in [1.807, 2.05) is 33.8 Å². The normalized spacial score (nSPS) is 18.4. The number of hydrogen-bond acceptors (Lipinski definition) is 5. The maximum Gasteiger partial charge on any atom is 0.407 e. The minimum Gasteiger partial charge on any atom is -0.444 e. The average molecular weight is 320 g/mol. The first-order valence-electron chi connectivity index (χ1n) is 8.24. The van der Waals surface area contributed by atoms with Crippen LogP contribution in [0.1, 0.15) is 58.5 Å². The molecule has 1 aliphatic heterocycles. The van der Waals surface area contributed by atoms with E-state index in [0.717, 1.165) is 36.8 Å². The van der Waals surface area contributed by atoms with E-state index in [2.05, 4.69) is 34.0 Å². The van der Waals surface area contributed by atoms with Crippen LogP contribution in [0.4, 0.5) is 10.6 Å². The summed E-state index contributed by atoms with van der Waals surface area (Å²) in [5.41, 5.74) is 0.500. The van der Waals surface area contributed by atoms with Gasteiger partial charge in [-0.2, -0.15) is 0 Å². The minimum atomic E-state index is -0.474. The van der Waals surface area contributed by atoms with E-state index < -0.39 is 5.60 Å². The summed E-state index contributed by atoms with van der Waals surface area (Å²) >= 11 is 0. The molecule has 1 fully saturated rings. The molecule has 6 heteroatoms. The van der Waals surface area contributed by atoms with Crippen molar-refractivity contribution in [2.45, 2.75) is 65.5 Å². The Morgan fingerprint density at radius 1 is 1.39 bits per heavy atom. The summed E-state index contributed by atoms with van der Waals surface area (Å²) in [7, 11) is 0. The fraction of sp³-hybridized carbons (Fsp3) is 0.706. The number of carbonyl (C=O) groups is 1. The van der Waals surface area contributed by atoms with E-state index in [-0.39, 0.29) is 12.1 Å². The maximum absolute atomic E-state index is 11.9. The first-order chi connectivity index (χ1) is 10.6. The highest BCUT2D eigenvalue weighted by molar-refractivity contribution is 5.68. The second-order valence-corrected chi connectivity index (χ2v) is 7.46. The number of rotatable bonds is 3. The molecule has 1 aromatic heterocycles. The number of amides is 1. The fourth-order valence-corrected chi connectivity index (χ4v) is 2.56. The first-order valence-corrected chi connectivity index (χ1v) is 8.24. The summed E-state index contributed by atoms with van der Waals surface area (Å²) in [5.74, 6) is 2.10. The lowest BCUT2D eigenvalue weighted by molar-refractivity contribution is 0.0509. The zero-order valence-electron chi connectivity index (χ0n) is 15.0. The predicted molar refractivity (Wildman–Crippen MR) is 90.8 cm³/mol. The van der Waals surface area contributed by atoms with Crippen molar-refractivity contribution in [3.05, 3.63) is 17.6 Å². The molecule has 1 amide bonds. The van der Waals surface area contributed by atoms with Crippen molar-refractivity contribution in [1.29, 1.82) is 0 Å². The number of aryl methyl sites for hydroxylation is 1. The smallest absolute Gasteiger partial charge is 0.407 e. The molecule has 2 rings (SSSR count). The topological polar surface area (TPSA) is 67.4 Å². The SMILES string of the molecule is Cc1cc(N2CC[C@H](NC(=O)OC(C)(C)C)C2)nc(C(C)C)n1. The van der Waals surface area contributed by atoms with Crippen molar-refractivity contribution in [2.24, 2.45) is 0 Å². The van der Waals surface area contributed by atoms with Crippen molar-refractivity contribution < 1.29 is 9.53 Å². The summed E-state index contributed by atoms with van der Waals surface area (Å²) in [6, 6.07) is 2.09. The Labute approximate surface area is 138 Å². The Kier molecular flexibility index (Phi) is 5.12. The highest BCUT2D eigenvalue weighted by atomic mass is 16.6. The average Bonchev–Trinajstić information content (AvgIpc) is 2.84. The molecule has 1 N–H and O–H groups in total. The Morgan fingerprint density at radius 2 is 2.09 bits per heavy atom. The van der Waals surface area contributed by atoms with Crippen molar-refractivity contribution >= 4 is 11.9 Å². The number of nitrogens with zero attached hydrogens (tertiary/aromatic N) is 3. The third-order valence-electron chi connectivity index (χ3n) is 3.61. The number of nitrogens with one attached hydrogen (secondary N) is 1. The lowest BCUT2D eigenvalue weighted by atomic mass is 10.2. The van der Waals surface area contributed by atoms with Crippen LogP contribution in [-0.4, -0.2) is 40.8 Å². The van der Waals surface area contributed by atoms with Gasteiger partial charge in [-0.25, -0.2) is 14.8 Å². The molecule has 0 aliphatic carbocycles. The Morgan fingerprint density at radius 3 is 2.70 bits per heavy atom. The maximum atomic E-state index is 11.9. The zero-order chi connectivity index (χ0) is 17.2. The molecule has 6 nitrogen and oxygen atoms in total. The second-order valence-electron chi connectivity index (χ2n) is 7.46. The van der Waals surface area contributed by atoms with Crippen LogP contribution in [0.15, 0.2) is 6.07 Å². The number of hydrogen-bond donors (Lipinski definition) is 1. The molecule has 0 aromatic carbocycles. The van der Waals surface area contributed by atoms with Gasteiger partial charge in [0.15, 0.2) is 0 Å². The molecule has 0 bridgehead atoms. The van der Waals surface area contributed by atoms with Crippen LogP contribution < -0.4 is 10.2 Å². The molecule has 0 unspecified atom stereocenters. The van der Waals surface area contributed by atoms with Gasteiger partial charge in [0, 0.05) is 30.8 Å². The quantitative estimate of drug-likeness (QED) is 0.927. The van der Waals surface area contributed by atoms with Crippen molar-refractivity contribution in [2.75, 3.05) is 18.0 Å². The Balaban J connectivity index is 1.99. The second kappa shape index (κ2) is 6.72. The summed E-state index contributed by atoms with van der Waals surface area (Å²) in [6.07, 6.45) is 0.533. The largest absolute Gasteiger partial charge is 0.444 e. The zero-order valence-corrected chi connectivity index (χ0v) is 15.0. The first kappa shape index (κ1) is 17.5. The molecule has 1 aromatic rings. The molecular weight excluding hydrogens is 292 g/mol. The molecule has 128 valence electrons. The molecule has 1 saturated heterocycles. The van der Waals surface area contributed by atoms with E-state index in [1.165, 1.54) is 0 Å². The predicted octanol–water partition coefficient (Wildman–Crippen LogP) is 3.01. The number of alkyl carbamates (subject to hydrolysis) is 1. The molecule has 0 saturated carbocycles. The van der Waals surface area contributed by atoms with Crippen molar-refractivity contribution in [3.63, 3.8) is 0 Å². The molecule has 1 aliphatic rings. The lowest BCUT2D eigenvalue weighted by Gasteiger charge is -2.22. The van der Waals surface area contributed by atoms with Crippen LogP contribution >= 0.6 is 0 Å². The molecule has 2 heterocycles. The highest BCUT2D eigenvalue weighted by Gasteiger charge is 2.27. The van der Waals surface area contributed by atoms with Gasteiger partial charge in [-0.05, 0) is 34.1 Å². The molecule has 0 radical (unpaired) electrons.